The van der Waals surface area contributed by atoms with Crippen LogP contribution in [-0.4, -0.2) is 11.7 Å². The maximum atomic E-state index is 11.5. The zero-order chi connectivity index (χ0) is 12.3. The first-order chi connectivity index (χ1) is 7.29. The number of benzene rings is 1. The Labute approximate surface area is 104 Å². The molecule has 0 aliphatic heterocycles. The number of halogens is 1. The van der Waals surface area contributed by atoms with Gasteiger partial charge in [0.1, 0.15) is 5.60 Å². The van der Waals surface area contributed by atoms with Crippen molar-refractivity contribution in [2.24, 2.45) is 0 Å². The van der Waals surface area contributed by atoms with E-state index >= 15 is 0 Å². The summed E-state index contributed by atoms with van der Waals surface area (Å²) < 4.78 is 6.13. The summed E-state index contributed by atoms with van der Waals surface area (Å²) in [4.78, 5) is 11.5. The van der Waals surface area contributed by atoms with Crippen molar-refractivity contribution >= 4 is 27.7 Å². The van der Waals surface area contributed by atoms with Gasteiger partial charge in [-0.3, -0.25) is 5.32 Å². The number of ether oxygens (including phenoxy) is 1. The average Bonchev–Trinajstić information content (AvgIpc) is 2.09. The molecule has 4 heteroatoms. The zero-order valence-electron chi connectivity index (χ0n) is 9.93. The molecule has 1 aromatic rings. The second-order valence-corrected chi connectivity index (χ2v) is 5.39. The number of rotatable bonds is 1. The van der Waals surface area contributed by atoms with Crippen molar-refractivity contribution in [1.29, 1.82) is 0 Å². The lowest BCUT2D eigenvalue weighted by molar-refractivity contribution is 0.0636. The van der Waals surface area contributed by atoms with Crippen LogP contribution >= 0.6 is 15.9 Å². The van der Waals surface area contributed by atoms with Crippen molar-refractivity contribution in [3.63, 3.8) is 0 Å². The van der Waals surface area contributed by atoms with Crippen LogP contribution in [0.4, 0.5) is 10.5 Å². The van der Waals surface area contributed by atoms with E-state index in [2.05, 4.69) is 21.2 Å². The smallest absolute Gasteiger partial charge is 0.412 e. The largest absolute Gasteiger partial charge is 0.444 e. The Balaban J connectivity index is 2.74. The van der Waals surface area contributed by atoms with Crippen molar-refractivity contribution in [2.75, 3.05) is 5.32 Å². The molecule has 0 radical (unpaired) electrons. The van der Waals surface area contributed by atoms with E-state index in [1.807, 2.05) is 45.9 Å². The second-order valence-electron chi connectivity index (χ2n) is 4.54. The van der Waals surface area contributed by atoms with Gasteiger partial charge >= 0.3 is 6.09 Å². The zero-order valence-corrected chi connectivity index (χ0v) is 11.5. The first kappa shape index (κ1) is 13.0. The van der Waals surface area contributed by atoms with Gasteiger partial charge in [-0.2, -0.15) is 0 Å². The predicted molar refractivity (Wildman–Crippen MR) is 68.7 cm³/mol. The second kappa shape index (κ2) is 4.87. The molecule has 0 aromatic heterocycles. The number of carbonyl (C=O) groups is 1. The topological polar surface area (TPSA) is 38.3 Å². The number of amides is 1. The van der Waals surface area contributed by atoms with Gasteiger partial charge in [-0.15, -0.1) is 0 Å². The minimum atomic E-state index is -0.482. The van der Waals surface area contributed by atoms with Crippen molar-refractivity contribution in [2.45, 2.75) is 33.3 Å². The molecule has 0 heterocycles. The average molecular weight is 286 g/mol. The van der Waals surface area contributed by atoms with E-state index in [1.54, 1.807) is 0 Å². The number of anilines is 1. The highest BCUT2D eigenvalue weighted by atomic mass is 79.9. The van der Waals surface area contributed by atoms with Crippen LogP contribution in [0, 0.1) is 6.92 Å². The van der Waals surface area contributed by atoms with Gasteiger partial charge < -0.3 is 4.74 Å². The van der Waals surface area contributed by atoms with Crippen molar-refractivity contribution in [1.82, 2.24) is 0 Å². The molecule has 0 aliphatic rings. The Kier molecular flexibility index (Phi) is 3.97. The lowest BCUT2D eigenvalue weighted by Crippen LogP contribution is -2.27. The first-order valence-corrected chi connectivity index (χ1v) is 5.84. The van der Waals surface area contributed by atoms with E-state index in [1.165, 1.54) is 0 Å². The van der Waals surface area contributed by atoms with Crippen LogP contribution in [0.3, 0.4) is 0 Å². The highest BCUT2D eigenvalue weighted by molar-refractivity contribution is 9.10. The van der Waals surface area contributed by atoms with Crippen molar-refractivity contribution in [3.05, 3.63) is 28.2 Å². The molecule has 3 nitrogen and oxygen atoms in total. The normalized spacial score (nSPS) is 11.1. The van der Waals surface area contributed by atoms with E-state index in [-0.39, 0.29) is 0 Å². The summed E-state index contributed by atoms with van der Waals surface area (Å²) >= 11 is 3.41. The van der Waals surface area contributed by atoms with Crippen molar-refractivity contribution < 1.29 is 9.53 Å². The molecule has 0 unspecified atom stereocenters. The Bertz CT molecular complexity index is 396. The third-order valence-electron chi connectivity index (χ3n) is 1.90. The Hall–Kier alpha value is -1.03. The van der Waals surface area contributed by atoms with Crippen molar-refractivity contribution in [3.8, 4) is 0 Å². The standard InChI is InChI=1S/C12H16BrNO2/c1-8-9(13)6-5-7-10(8)14-11(15)16-12(2,3)4/h5-7H,1-4H3,(H,14,15). The van der Waals surface area contributed by atoms with Gasteiger partial charge in [-0.25, -0.2) is 4.79 Å². The van der Waals surface area contributed by atoms with Crippen LogP contribution in [0.15, 0.2) is 22.7 Å². The Morgan fingerprint density at radius 3 is 2.56 bits per heavy atom. The molecule has 0 saturated carbocycles. The summed E-state index contributed by atoms with van der Waals surface area (Å²) in [5, 5.41) is 2.72. The molecule has 0 atom stereocenters. The third kappa shape index (κ3) is 3.85. The van der Waals surface area contributed by atoms with Gasteiger partial charge in [0.05, 0.1) is 0 Å². The third-order valence-corrected chi connectivity index (χ3v) is 2.76. The lowest BCUT2D eigenvalue weighted by atomic mass is 10.2. The van der Waals surface area contributed by atoms with Gasteiger partial charge in [-0.05, 0) is 45.4 Å². The van der Waals surface area contributed by atoms with Gasteiger partial charge in [0, 0.05) is 10.2 Å². The molecular weight excluding hydrogens is 270 g/mol. The quantitative estimate of drug-likeness (QED) is 0.843. The van der Waals surface area contributed by atoms with Gasteiger partial charge in [0.25, 0.3) is 0 Å². The van der Waals surface area contributed by atoms with E-state index in [4.69, 9.17) is 4.74 Å². The van der Waals surface area contributed by atoms with Crippen LogP contribution in [0.1, 0.15) is 26.3 Å². The number of hydrogen-bond donors (Lipinski definition) is 1. The molecule has 0 fully saturated rings. The van der Waals surface area contributed by atoms with E-state index in [0.29, 0.717) is 0 Å². The maximum absolute atomic E-state index is 11.5. The molecule has 88 valence electrons. The van der Waals surface area contributed by atoms with Crippen LogP contribution in [-0.2, 0) is 4.74 Å². The summed E-state index contributed by atoms with van der Waals surface area (Å²) in [5.41, 5.74) is 1.25. The SMILES string of the molecule is Cc1c(Br)cccc1NC(=O)OC(C)(C)C. The Morgan fingerprint density at radius 1 is 1.38 bits per heavy atom. The van der Waals surface area contributed by atoms with Gasteiger partial charge in [0.2, 0.25) is 0 Å². The minimum Gasteiger partial charge on any atom is -0.444 e. The number of carbonyl (C=O) groups excluding carboxylic acids is 1. The lowest BCUT2D eigenvalue weighted by Gasteiger charge is -2.20. The number of hydrogen-bond acceptors (Lipinski definition) is 2. The maximum Gasteiger partial charge on any atom is 0.412 e. The fourth-order valence-corrected chi connectivity index (χ4v) is 1.52. The molecule has 1 rings (SSSR count). The predicted octanol–water partition coefficient (Wildman–Crippen LogP) is 4.10. The molecule has 0 spiro atoms. The van der Waals surface area contributed by atoms with Gasteiger partial charge in [-0.1, -0.05) is 22.0 Å². The molecule has 0 saturated heterocycles. The van der Waals surface area contributed by atoms with E-state index in [9.17, 15) is 4.79 Å². The summed E-state index contributed by atoms with van der Waals surface area (Å²) in [7, 11) is 0. The molecule has 1 amide bonds. The summed E-state index contributed by atoms with van der Waals surface area (Å²) in [5.74, 6) is 0. The molecule has 0 bridgehead atoms. The summed E-state index contributed by atoms with van der Waals surface area (Å²) in [6.45, 7) is 7.43. The number of nitrogens with one attached hydrogen (secondary N) is 1. The molecule has 1 aromatic carbocycles. The molecular formula is C12H16BrNO2. The summed E-state index contributed by atoms with van der Waals surface area (Å²) in [6, 6.07) is 5.63. The van der Waals surface area contributed by atoms with E-state index < -0.39 is 11.7 Å². The molecule has 1 N–H and O–H groups in total. The molecule has 16 heavy (non-hydrogen) atoms. The summed E-state index contributed by atoms with van der Waals surface area (Å²) in [6.07, 6.45) is -0.436. The monoisotopic (exact) mass is 285 g/mol. The highest BCUT2D eigenvalue weighted by Gasteiger charge is 2.16. The molecule has 0 aliphatic carbocycles. The Morgan fingerprint density at radius 2 is 2.00 bits per heavy atom. The van der Waals surface area contributed by atoms with Gasteiger partial charge in [0.15, 0.2) is 0 Å². The van der Waals surface area contributed by atoms with Crippen LogP contribution in [0.5, 0.6) is 0 Å². The van der Waals surface area contributed by atoms with Crippen LogP contribution in [0.2, 0.25) is 0 Å². The fraction of sp³-hybridized carbons (Fsp3) is 0.417. The van der Waals surface area contributed by atoms with E-state index in [0.717, 1.165) is 15.7 Å². The highest BCUT2D eigenvalue weighted by Crippen LogP contribution is 2.23. The van der Waals surface area contributed by atoms with Crippen LogP contribution in [0.25, 0.3) is 0 Å². The van der Waals surface area contributed by atoms with Crippen LogP contribution < -0.4 is 5.32 Å². The first-order valence-electron chi connectivity index (χ1n) is 5.05. The minimum absolute atomic E-state index is 0.436. The fourth-order valence-electron chi connectivity index (χ4n) is 1.16.